The lowest BCUT2D eigenvalue weighted by atomic mass is 10.1. The maximum Gasteiger partial charge on any atom is 0.326 e. The number of carbonyl (C=O) groups excluding carboxylic acids is 1. The van der Waals surface area contributed by atoms with E-state index in [1.165, 1.54) is 6.20 Å². The van der Waals surface area contributed by atoms with Gasteiger partial charge in [-0.25, -0.2) is 18.0 Å². The molecule has 0 spiro atoms. The van der Waals surface area contributed by atoms with E-state index in [2.05, 4.69) is 15.3 Å². The minimum atomic E-state index is -1.38. The average Bonchev–Trinajstić information content (AvgIpc) is 2.66. The van der Waals surface area contributed by atoms with Crippen LogP contribution in [-0.4, -0.2) is 16.0 Å². The van der Waals surface area contributed by atoms with Crippen molar-refractivity contribution in [2.75, 3.05) is 10.6 Å². The van der Waals surface area contributed by atoms with Crippen LogP contribution in [0.4, 0.5) is 29.6 Å². The molecule has 0 saturated heterocycles. The van der Waals surface area contributed by atoms with Gasteiger partial charge in [0.15, 0.2) is 11.6 Å². The van der Waals surface area contributed by atoms with Crippen LogP contribution in [0.15, 0.2) is 47.4 Å². The SMILES string of the molecule is NCc1ccc(-c2c[nH]c(NC(=O)Nc3cc(F)c(F)cc3F)nc2=O)cc1. The van der Waals surface area contributed by atoms with Crippen molar-refractivity contribution in [2.24, 2.45) is 5.73 Å². The first kappa shape index (κ1) is 19.1. The summed E-state index contributed by atoms with van der Waals surface area (Å²) in [4.78, 5) is 30.4. The zero-order chi connectivity index (χ0) is 20.3. The molecular formula is C18H14F3N5O2. The number of benzene rings is 2. The predicted octanol–water partition coefficient (Wildman–Crippen LogP) is 2.96. The number of aromatic amines is 1. The standard InChI is InChI=1S/C18H14F3N5O2/c19-12-5-14(21)15(6-13(12)20)24-18(28)26-17-23-8-11(16(27)25-17)10-3-1-9(7-22)2-4-10/h1-6,8H,7,22H2,(H3,23,24,25,26,27,28). The fraction of sp³-hybridized carbons (Fsp3) is 0.0556. The molecule has 1 heterocycles. The zero-order valence-electron chi connectivity index (χ0n) is 14.2. The number of rotatable bonds is 4. The molecule has 1 aromatic heterocycles. The summed E-state index contributed by atoms with van der Waals surface area (Å²) in [5, 5.41) is 4.17. The molecule has 0 saturated carbocycles. The maximum absolute atomic E-state index is 13.6. The van der Waals surface area contributed by atoms with Crippen molar-refractivity contribution < 1.29 is 18.0 Å². The van der Waals surface area contributed by atoms with Crippen LogP contribution in [0.25, 0.3) is 11.1 Å². The van der Waals surface area contributed by atoms with E-state index in [0.717, 1.165) is 5.56 Å². The van der Waals surface area contributed by atoms with Crippen molar-refractivity contribution in [3.05, 3.63) is 76.0 Å². The lowest BCUT2D eigenvalue weighted by Gasteiger charge is -2.09. The molecule has 3 aromatic rings. The highest BCUT2D eigenvalue weighted by atomic mass is 19.2. The number of nitrogens with two attached hydrogens (primary N) is 1. The fourth-order valence-corrected chi connectivity index (χ4v) is 2.37. The molecule has 0 radical (unpaired) electrons. The van der Waals surface area contributed by atoms with Crippen LogP contribution in [0.1, 0.15) is 5.56 Å². The summed E-state index contributed by atoms with van der Waals surface area (Å²) in [6.07, 6.45) is 1.35. The van der Waals surface area contributed by atoms with Crippen LogP contribution in [0.3, 0.4) is 0 Å². The van der Waals surface area contributed by atoms with Gasteiger partial charge in [-0.3, -0.25) is 10.1 Å². The number of halogens is 3. The van der Waals surface area contributed by atoms with Crippen molar-refractivity contribution in [3.8, 4) is 11.1 Å². The summed E-state index contributed by atoms with van der Waals surface area (Å²) >= 11 is 0. The first-order valence-electron chi connectivity index (χ1n) is 7.99. The van der Waals surface area contributed by atoms with Crippen molar-refractivity contribution >= 4 is 17.7 Å². The van der Waals surface area contributed by atoms with Gasteiger partial charge in [-0.05, 0) is 11.1 Å². The molecule has 2 amide bonds. The van der Waals surface area contributed by atoms with E-state index in [9.17, 15) is 22.8 Å². The fourth-order valence-electron chi connectivity index (χ4n) is 2.37. The topological polar surface area (TPSA) is 113 Å². The van der Waals surface area contributed by atoms with Crippen LogP contribution in [-0.2, 0) is 6.54 Å². The van der Waals surface area contributed by atoms with Gasteiger partial charge < -0.3 is 16.0 Å². The first-order chi connectivity index (χ1) is 13.4. The van der Waals surface area contributed by atoms with Crippen LogP contribution in [0.5, 0.6) is 0 Å². The number of H-pyrrole nitrogens is 1. The van der Waals surface area contributed by atoms with Gasteiger partial charge in [0, 0.05) is 24.9 Å². The molecule has 0 aliphatic heterocycles. The summed E-state index contributed by atoms with van der Waals surface area (Å²) in [5.74, 6) is -4.09. The Bertz CT molecular complexity index is 1080. The molecule has 3 rings (SSSR count). The third kappa shape index (κ3) is 4.18. The number of anilines is 2. The van der Waals surface area contributed by atoms with Gasteiger partial charge in [0.1, 0.15) is 5.82 Å². The van der Waals surface area contributed by atoms with E-state index in [1.807, 2.05) is 5.32 Å². The Labute approximate surface area is 156 Å². The normalized spacial score (nSPS) is 10.6. The second kappa shape index (κ2) is 7.92. The molecule has 2 aromatic carbocycles. The van der Waals surface area contributed by atoms with Crippen molar-refractivity contribution in [3.63, 3.8) is 0 Å². The number of nitrogens with one attached hydrogen (secondary N) is 3. The average molecular weight is 389 g/mol. The van der Waals surface area contributed by atoms with Crippen molar-refractivity contribution in [2.45, 2.75) is 6.54 Å². The van der Waals surface area contributed by atoms with Crippen LogP contribution in [0.2, 0.25) is 0 Å². The summed E-state index contributed by atoms with van der Waals surface area (Å²) in [5.41, 5.74) is 6.10. The van der Waals surface area contributed by atoms with E-state index in [1.54, 1.807) is 24.3 Å². The maximum atomic E-state index is 13.6. The lowest BCUT2D eigenvalue weighted by molar-refractivity contribution is 0.262. The Morgan fingerprint density at radius 2 is 1.71 bits per heavy atom. The van der Waals surface area contributed by atoms with E-state index in [-0.39, 0.29) is 11.5 Å². The minimum Gasteiger partial charge on any atom is -0.331 e. The van der Waals surface area contributed by atoms with E-state index < -0.39 is 34.7 Å². The number of hydrogen-bond donors (Lipinski definition) is 4. The number of amides is 2. The number of hydrogen-bond acceptors (Lipinski definition) is 4. The molecule has 0 aliphatic carbocycles. The second-order valence-corrected chi connectivity index (χ2v) is 5.69. The third-order valence-electron chi connectivity index (χ3n) is 3.79. The van der Waals surface area contributed by atoms with Crippen molar-refractivity contribution in [1.29, 1.82) is 0 Å². The summed E-state index contributed by atoms with van der Waals surface area (Å²) < 4.78 is 39.6. The third-order valence-corrected chi connectivity index (χ3v) is 3.79. The van der Waals surface area contributed by atoms with E-state index >= 15 is 0 Å². The highest BCUT2D eigenvalue weighted by molar-refractivity contribution is 5.98. The molecule has 0 unspecified atom stereocenters. The van der Waals surface area contributed by atoms with Crippen LogP contribution in [0, 0.1) is 17.5 Å². The van der Waals surface area contributed by atoms with E-state index in [4.69, 9.17) is 5.73 Å². The van der Waals surface area contributed by atoms with Gasteiger partial charge in [-0.15, -0.1) is 0 Å². The molecule has 0 fully saturated rings. The van der Waals surface area contributed by atoms with Crippen LogP contribution < -0.4 is 21.9 Å². The summed E-state index contributed by atoms with van der Waals surface area (Å²) in [6, 6.07) is 6.74. The molecule has 10 heteroatoms. The van der Waals surface area contributed by atoms with Gasteiger partial charge >= 0.3 is 6.03 Å². The Morgan fingerprint density at radius 3 is 2.36 bits per heavy atom. The highest BCUT2D eigenvalue weighted by Crippen LogP contribution is 2.19. The quantitative estimate of drug-likeness (QED) is 0.514. The van der Waals surface area contributed by atoms with Gasteiger partial charge in [-0.1, -0.05) is 24.3 Å². The molecule has 7 nitrogen and oxygen atoms in total. The van der Waals surface area contributed by atoms with Gasteiger partial charge in [0.2, 0.25) is 5.95 Å². The molecule has 144 valence electrons. The zero-order valence-corrected chi connectivity index (χ0v) is 14.2. The van der Waals surface area contributed by atoms with Gasteiger partial charge in [0.25, 0.3) is 5.56 Å². The molecule has 0 bridgehead atoms. The van der Waals surface area contributed by atoms with Gasteiger partial charge in [-0.2, -0.15) is 4.98 Å². The predicted molar refractivity (Wildman–Crippen MR) is 97.1 cm³/mol. The molecule has 0 aliphatic rings. The number of urea groups is 1. The summed E-state index contributed by atoms with van der Waals surface area (Å²) in [6.45, 7) is 0.366. The summed E-state index contributed by atoms with van der Waals surface area (Å²) in [7, 11) is 0. The second-order valence-electron chi connectivity index (χ2n) is 5.69. The monoisotopic (exact) mass is 389 g/mol. The molecule has 0 atom stereocenters. The number of aromatic nitrogens is 2. The minimum absolute atomic E-state index is 0.215. The smallest absolute Gasteiger partial charge is 0.326 e. The Hall–Kier alpha value is -3.66. The van der Waals surface area contributed by atoms with Crippen LogP contribution >= 0.6 is 0 Å². The van der Waals surface area contributed by atoms with E-state index in [0.29, 0.717) is 24.2 Å². The Morgan fingerprint density at radius 1 is 1.04 bits per heavy atom. The first-order valence-corrected chi connectivity index (χ1v) is 7.99. The van der Waals surface area contributed by atoms with Gasteiger partial charge in [0.05, 0.1) is 11.3 Å². The lowest BCUT2D eigenvalue weighted by Crippen LogP contribution is -2.24. The Balaban J connectivity index is 1.74. The van der Waals surface area contributed by atoms with Crippen molar-refractivity contribution in [1.82, 2.24) is 9.97 Å². The number of carbonyl (C=O) groups is 1. The Kier molecular flexibility index (Phi) is 5.41. The largest absolute Gasteiger partial charge is 0.331 e. The number of nitrogens with zero attached hydrogens (tertiary/aromatic N) is 1. The molecular weight excluding hydrogens is 375 g/mol. The molecule has 5 N–H and O–H groups in total. The molecule has 28 heavy (non-hydrogen) atoms. The highest BCUT2D eigenvalue weighted by Gasteiger charge is 2.13.